The van der Waals surface area contributed by atoms with Crippen molar-refractivity contribution in [1.29, 1.82) is 0 Å². The summed E-state index contributed by atoms with van der Waals surface area (Å²) in [6.45, 7) is 11.4. The first kappa shape index (κ1) is 37.9. The molecule has 5 heteroatoms. The molecular formula is C42H56FeO2P2-6. The maximum absolute atomic E-state index is 5.80. The van der Waals surface area contributed by atoms with Gasteiger partial charge in [0.25, 0.3) is 0 Å². The summed E-state index contributed by atoms with van der Waals surface area (Å²) in [4.78, 5) is 0. The third-order valence-electron chi connectivity index (χ3n) is 10.3. The molecule has 1 unspecified atom stereocenters. The van der Waals surface area contributed by atoms with E-state index in [2.05, 4.69) is 77.1 Å². The van der Waals surface area contributed by atoms with Crippen LogP contribution in [0.5, 0.6) is 11.5 Å². The molecule has 0 aliphatic heterocycles. The van der Waals surface area contributed by atoms with Crippen molar-refractivity contribution in [2.75, 3.05) is 14.2 Å². The van der Waals surface area contributed by atoms with Gasteiger partial charge in [-0.1, -0.05) is 61.3 Å². The first-order valence-corrected chi connectivity index (χ1v) is 20.5. The van der Waals surface area contributed by atoms with Gasteiger partial charge in [0.15, 0.2) is 0 Å². The number of benzene rings is 2. The van der Waals surface area contributed by atoms with Crippen molar-refractivity contribution in [3.63, 3.8) is 0 Å². The van der Waals surface area contributed by atoms with Gasteiger partial charge in [-0.05, 0) is 127 Å². The summed E-state index contributed by atoms with van der Waals surface area (Å²) in [5.41, 5.74) is 9.08. The average molecular weight is 711 g/mol. The SMILES string of the molecule is COc1c(C)cc(P(c2cc(C)c(OC)c(C)c2)[c-]2cccc2C(C)P(C2CCCCC2)C2CCCCC2)cc1C.[Fe].[cH-]1[cH-][cH-][cH-][cH-]1. The van der Waals surface area contributed by atoms with Crippen LogP contribution in [0.25, 0.3) is 0 Å². The van der Waals surface area contributed by atoms with E-state index in [1.165, 1.54) is 97.1 Å². The van der Waals surface area contributed by atoms with E-state index in [9.17, 15) is 0 Å². The Balaban J connectivity index is 0.000000762. The summed E-state index contributed by atoms with van der Waals surface area (Å²) in [6.07, 6.45) is 14.5. The van der Waals surface area contributed by atoms with Crippen molar-refractivity contribution >= 4 is 31.8 Å². The Morgan fingerprint density at radius 1 is 0.660 bits per heavy atom. The maximum Gasteiger partial charge on any atom is 0.124 e. The Morgan fingerprint density at radius 3 is 1.40 bits per heavy atom. The smallest absolute Gasteiger partial charge is 0.124 e. The minimum absolute atomic E-state index is 0. The molecule has 0 amide bonds. The van der Waals surface area contributed by atoms with E-state index in [0.717, 1.165) is 22.8 Å². The number of aryl methyl sites for hydroxylation is 4. The van der Waals surface area contributed by atoms with Crippen molar-refractivity contribution in [2.24, 2.45) is 0 Å². The van der Waals surface area contributed by atoms with Gasteiger partial charge in [-0.3, -0.25) is 0 Å². The maximum atomic E-state index is 5.80. The van der Waals surface area contributed by atoms with Crippen molar-refractivity contribution in [3.05, 3.63) is 101 Å². The predicted molar refractivity (Wildman–Crippen MR) is 204 cm³/mol. The normalized spacial score (nSPS) is 16.4. The second-order valence-electron chi connectivity index (χ2n) is 13.6. The van der Waals surface area contributed by atoms with E-state index in [-0.39, 0.29) is 25.0 Å². The van der Waals surface area contributed by atoms with Gasteiger partial charge < -0.3 is 39.8 Å². The minimum atomic E-state index is -0.722. The fourth-order valence-corrected chi connectivity index (χ4v) is 15.7. The van der Waals surface area contributed by atoms with Crippen molar-refractivity contribution < 1.29 is 26.5 Å². The van der Waals surface area contributed by atoms with Crippen molar-refractivity contribution in [3.8, 4) is 11.5 Å². The average Bonchev–Trinajstić information content (AvgIpc) is 3.79. The molecule has 4 aromatic carbocycles. The predicted octanol–water partition coefficient (Wildman–Crippen LogP) is 11.0. The summed E-state index contributed by atoms with van der Waals surface area (Å²) in [5.74, 6) is 2.03. The summed E-state index contributed by atoms with van der Waals surface area (Å²) >= 11 is 0. The van der Waals surface area contributed by atoms with Gasteiger partial charge in [0.05, 0.1) is 14.2 Å². The molecule has 1 atom stereocenters. The molecular weight excluding hydrogens is 654 g/mol. The first-order valence-electron chi connectivity index (χ1n) is 17.6. The Morgan fingerprint density at radius 2 is 1.04 bits per heavy atom. The fraction of sp³-hybridized carbons (Fsp3) is 0.476. The first-order chi connectivity index (χ1) is 22.3. The van der Waals surface area contributed by atoms with Crippen LogP contribution >= 0.6 is 15.8 Å². The van der Waals surface area contributed by atoms with E-state index >= 15 is 0 Å². The fourth-order valence-electron chi connectivity index (χ4n) is 8.34. The summed E-state index contributed by atoms with van der Waals surface area (Å²) in [5, 5.41) is 4.43. The molecule has 260 valence electrons. The second kappa shape index (κ2) is 18.2. The molecule has 2 saturated carbocycles. The zero-order chi connectivity index (χ0) is 32.6. The molecule has 4 aromatic rings. The molecule has 0 saturated heterocycles. The van der Waals surface area contributed by atoms with E-state index in [1.54, 1.807) is 25.1 Å². The number of ether oxygens (including phenoxy) is 2. The Hall–Kier alpha value is -1.88. The van der Waals surface area contributed by atoms with Crippen LogP contribution in [0.4, 0.5) is 0 Å². The monoisotopic (exact) mass is 710 g/mol. The molecule has 6 rings (SSSR count). The zero-order valence-corrected chi connectivity index (χ0v) is 32.7. The molecule has 2 fully saturated rings. The Kier molecular flexibility index (Phi) is 14.7. The molecule has 47 heavy (non-hydrogen) atoms. The largest absolute Gasteiger partial charge is 0.748 e. The molecule has 0 N–H and O–H groups in total. The molecule has 2 aliphatic carbocycles. The summed E-state index contributed by atoms with van der Waals surface area (Å²) in [6, 6.07) is 26.9. The van der Waals surface area contributed by atoms with Gasteiger partial charge >= 0.3 is 0 Å². The number of methoxy groups -OCH3 is 2. The van der Waals surface area contributed by atoms with Crippen LogP contribution in [0.1, 0.15) is 105 Å². The van der Waals surface area contributed by atoms with Crippen LogP contribution in [-0.4, -0.2) is 25.5 Å². The molecule has 0 heterocycles. The van der Waals surface area contributed by atoms with E-state index in [1.807, 2.05) is 30.3 Å². The molecule has 0 spiro atoms. The molecule has 2 nitrogen and oxygen atoms in total. The van der Waals surface area contributed by atoms with Gasteiger partial charge in [-0.2, -0.15) is 11.6 Å². The van der Waals surface area contributed by atoms with Crippen molar-refractivity contribution in [1.82, 2.24) is 0 Å². The van der Waals surface area contributed by atoms with Crippen molar-refractivity contribution in [2.45, 2.75) is 116 Å². The van der Waals surface area contributed by atoms with Gasteiger partial charge in [0.1, 0.15) is 11.5 Å². The molecule has 0 aromatic heterocycles. The van der Waals surface area contributed by atoms with Crippen LogP contribution in [0.3, 0.4) is 0 Å². The van der Waals surface area contributed by atoms with Gasteiger partial charge in [0.2, 0.25) is 0 Å². The van der Waals surface area contributed by atoms with Crippen LogP contribution in [0, 0.1) is 27.7 Å². The second-order valence-corrected chi connectivity index (χ2v) is 18.9. The molecule has 0 radical (unpaired) electrons. The summed E-state index contributed by atoms with van der Waals surface area (Å²) in [7, 11) is 2.81. The van der Waals surface area contributed by atoms with E-state index in [0.29, 0.717) is 5.66 Å². The Bertz CT molecular complexity index is 1370. The van der Waals surface area contributed by atoms with Crippen LogP contribution < -0.4 is 25.4 Å². The molecule has 2 aliphatic rings. The van der Waals surface area contributed by atoms with E-state index < -0.39 is 7.92 Å². The number of hydrogen-bond acceptors (Lipinski definition) is 2. The summed E-state index contributed by atoms with van der Waals surface area (Å²) < 4.78 is 11.6. The third-order valence-corrected chi connectivity index (χ3v) is 16.7. The molecule has 0 bridgehead atoms. The standard InChI is InChI=1S/C37H51O2P2.C5H5.Fe/c1-25-21-32(22-26(2)36(25)38-6)41(33-23-27(3)37(39-7)28(4)24-33)35-20-14-19-34(35)29(5)40(30-15-10-8-11-16-30)31-17-12-9-13-18-31;1-2-4-5-3-1;/h14,19-24,29-31H,8-13,15-18H2,1-7H3;1-5H;/q-1;-5;. The van der Waals surface area contributed by atoms with Gasteiger partial charge in [-0.25, -0.2) is 12.1 Å². The van der Waals surface area contributed by atoms with Gasteiger partial charge in [-0.15, -0.1) is 5.30 Å². The number of rotatable bonds is 9. The van der Waals surface area contributed by atoms with Crippen LogP contribution in [-0.2, 0) is 17.1 Å². The van der Waals surface area contributed by atoms with Gasteiger partial charge in [0, 0.05) is 17.1 Å². The van der Waals surface area contributed by atoms with Crippen LogP contribution in [0.2, 0.25) is 0 Å². The minimum Gasteiger partial charge on any atom is -0.748 e. The third kappa shape index (κ3) is 9.03. The number of hydrogen-bond donors (Lipinski definition) is 0. The quantitative estimate of drug-likeness (QED) is 0.0978. The Labute approximate surface area is 299 Å². The topological polar surface area (TPSA) is 18.5 Å². The van der Waals surface area contributed by atoms with Crippen LogP contribution in [0.15, 0.2) is 72.8 Å². The van der Waals surface area contributed by atoms with E-state index in [4.69, 9.17) is 9.47 Å². The zero-order valence-electron chi connectivity index (χ0n) is 29.8.